The third kappa shape index (κ3) is 9.01. The summed E-state index contributed by atoms with van der Waals surface area (Å²) in [4.78, 5) is 21.1. The molecule has 4 nitrogen and oxygen atoms in total. The molecule has 0 aliphatic heterocycles. The Hall–Kier alpha value is -0.900. The van der Waals surface area contributed by atoms with Gasteiger partial charge in [0, 0.05) is 6.42 Å². The van der Waals surface area contributed by atoms with Gasteiger partial charge in [-0.1, -0.05) is 13.8 Å². The number of Topliss-reactive ketones (excluding diaryl/α,β-unsaturated/α-hetero) is 1. The first-order valence-electron chi connectivity index (χ1n) is 4.54. The number of hydrogen-bond donors (Lipinski definition) is 2. The van der Waals surface area contributed by atoms with Crippen LogP contribution in [-0.4, -0.2) is 24.8 Å². The molecule has 1 amide bonds. The average molecular weight is 188 g/mol. The van der Waals surface area contributed by atoms with Crippen LogP contribution < -0.4 is 11.1 Å². The molecule has 0 aromatic heterocycles. The van der Waals surface area contributed by atoms with Crippen molar-refractivity contribution in [2.75, 3.05) is 7.05 Å². The Bertz CT molecular complexity index is 158. The molecule has 0 aliphatic rings. The number of hydrogen-bond acceptors (Lipinski definition) is 3. The summed E-state index contributed by atoms with van der Waals surface area (Å²) in [7, 11) is 1.69. The highest BCUT2D eigenvalue weighted by atomic mass is 16.1. The molecule has 3 N–H and O–H groups in total. The van der Waals surface area contributed by atoms with Crippen molar-refractivity contribution in [1.82, 2.24) is 5.32 Å². The summed E-state index contributed by atoms with van der Waals surface area (Å²) in [5, 5.41) is 2.80. The van der Waals surface area contributed by atoms with Gasteiger partial charge in [-0.3, -0.25) is 9.59 Å². The monoisotopic (exact) mass is 188 g/mol. The molecule has 0 aromatic rings. The molecule has 78 valence electrons. The van der Waals surface area contributed by atoms with Crippen LogP contribution in [-0.2, 0) is 9.59 Å². The Kier molecular flexibility index (Phi) is 10.3. The van der Waals surface area contributed by atoms with Gasteiger partial charge >= 0.3 is 0 Å². The molecule has 13 heavy (non-hydrogen) atoms. The average Bonchev–Trinajstić information content (AvgIpc) is 2.08. The second-order valence-electron chi connectivity index (χ2n) is 2.46. The van der Waals surface area contributed by atoms with Gasteiger partial charge < -0.3 is 11.1 Å². The van der Waals surface area contributed by atoms with Crippen LogP contribution in [0.1, 0.15) is 33.6 Å². The molecule has 0 fully saturated rings. The van der Waals surface area contributed by atoms with Gasteiger partial charge in [0.15, 0.2) is 0 Å². The zero-order valence-corrected chi connectivity index (χ0v) is 8.89. The Morgan fingerprint density at radius 3 is 2.08 bits per heavy atom. The highest BCUT2D eigenvalue weighted by molar-refractivity contribution is 5.82. The number of amides is 1. The molecule has 0 aliphatic carbocycles. The van der Waals surface area contributed by atoms with E-state index in [1.54, 1.807) is 7.05 Å². The maximum atomic E-state index is 10.8. The van der Waals surface area contributed by atoms with Crippen molar-refractivity contribution in [2.45, 2.75) is 39.7 Å². The minimum atomic E-state index is -0.369. The molecule has 4 heteroatoms. The smallest absolute Gasteiger partial charge is 0.217 e. The van der Waals surface area contributed by atoms with Crippen LogP contribution >= 0.6 is 0 Å². The maximum absolute atomic E-state index is 10.8. The Labute approximate surface area is 79.9 Å². The number of rotatable bonds is 5. The van der Waals surface area contributed by atoms with Crippen LogP contribution in [0.25, 0.3) is 0 Å². The van der Waals surface area contributed by atoms with Crippen LogP contribution in [0.4, 0.5) is 0 Å². The number of carbonyl (C=O) groups excluding carboxylic acids is 2. The number of primary amides is 1. The lowest BCUT2D eigenvalue weighted by Gasteiger charge is -2.10. The third-order valence-electron chi connectivity index (χ3n) is 1.52. The molecule has 1 unspecified atom stereocenters. The number of nitrogens with two attached hydrogens (primary N) is 1. The van der Waals surface area contributed by atoms with Gasteiger partial charge in [0.1, 0.15) is 5.78 Å². The van der Waals surface area contributed by atoms with E-state index in [0.29, 0.717) is 6.42 Å². The first-order chi connectivity index (χ1) is 6.07. The van der Waals surface area contributed by atoms with Gasteiger partial charge in [-0.2, -0.15) is 0 Å². The molecular weight excluding hydrogens is 168 g/mol. The van der Waals surface area contributed by atoms with Crippen molar-refractivity contribution in [3.05, 3.63) is 0 Å². The minimum absolute atomic E-state index is 0.0359. The summed E-state index contributed by atoms with van der Waals surface area (Å²) in [5.41, 5.74) is 4.92. The van der Waals surface area contributed by atoms with E-state index in [0.717, 1.165) is 0 Å². The highest BCUT2D eigenvalue weighted by Crippen LogP contribution is 1.96. The quantitative estimate of drug-likeness (QED) is 0.658. The summed E-state index contributed by atoms with van der Waals surface area (Å²) >= 11 is 0. The van der Waals surface area contributed by atoms with Crippen molar-refractivity contribution >= 4 is 11.7 Å². The van der Waals surface area contributed by atoms with E-state index in [1.165, 1.54) is 6.92 Å². The Balaban J connectivity index is 0. The third-order valence-corrected chi connectivity index (χ3v) is 1.52. The number of nitrogens with one attached hydrogen (secondary N) is 1. The number of carbonyl (C=O) groups is 2. The molecule has 1 atom stereocenters. The molecule has 0 aromatic carbocycles. The number of likely N-dealkylation sites (N-methyl/N-ethyl adjacent to an activating group) is 1. The van der Waals surface area contributed by atoms with Crippen LogP contribution in [0.5, 0.6) is 0 Å². The van der Waals surface area contributed by atoms with Crippen molar-refractivity contribution < 1.29 is 9.59 Å². The van der Waals surface area contributed by atoms with Gasteiger partial charge in [0.25, 0.3) is 0 Å². The van der Waals surface area contributed by atoms with E-state index < -0.39 is 0 Å². The van der Waals surface area contributed by atoms with Gasteiger partial charge in [0.2, 0.25) is 5.91 Å². The van der Waals surface area contributed by atoms with E-state index in [9.17, 15) is 9.59 Å². The zero-order chi connectivity index (χ0) is 10.9. The Morgan fingerprint density at radius 2 is 1.85 bits per heavy atom. The van der Waals surface area contributed by atoms with Crippen LogP contribution in [0.15, 0.2) is 0 Å². The molecule has 0 saturated heterocycles. The minimum Gasteiger partial charge on any atom is -0.370 e. The topological polar surface area (TPSA) is 72.2 Å². The van der Waals surface area contributed by atoms with E-state index in [2.05, 4.69) is 5.32 Å². The molecule has 0 saturated carbocycles. The fraction of sp³-hybridized carbons (Fsp3) is 0.778. The van der Waals surface area contributed by atoms with Gasteiger partial charge in [-0.15, -0.1) is 0 Å². The fourth-order valence-corrected chi connectivity index (χ4v) is 0.837. The highest BCUT2D eigenvalue weighted by Gasteiger charge is 2.11. The van der Waals surface area contributed by atoms with E-state index in [-0.39, 0.29) is 24.2 Å². The lowest BCUT2D eigenvalue weighted by Crippen LogP contribution is -2.33. The summed E-state index contributed by atoms with van der Waals surface area (Å²) < 4.78 is 0. The van der Waals surface area contributed by atoms with E-state index in [4.69, 9.17) is 5.73 Å². The van der Waals surface area contributed by atoms with Crippen molar-refractivity contribution in [3.8, 4) is 0 Å². The first-order valence-corrected chi connectivity index (χ1v) is 4.54. The number of ketones is 1. The second-order valence-corrected chi connectivity index (χ2v) is 2.46. The maximum Gasteiger partial charge on any atom is 0.217 e. The van der Waals surface area contributed by atoms with Crippen LogP contribution in [0.3, 0.4) is 0 Å². The predicted molar refractivity (Wildman–Crippen MR) is 53.3 cm³/mol. The van der Waals surface area contributed by atoms with Gasteiger partial charge in [-0.25, -0.2) is 0 Å². The molecule has 0 radical (unpaired) electrons. The molecule has 0 heterocycles. The molecular formula is C9H20N2O2. The largest absolute Gasteiger partial charge is 0.370 e. The van der Waals surface area contributed by atoms with Crippen molar-refractivity contribution in [2.24, 2.45) is 5.73 Å². The summed E-state index contributed by atoms with van der Waals surface area (Å²) in [6.07, 6.45) is 0.742. The Morgan fingerprint density at radius 1 is 1.38 bits per heavy atom. The molecule has 0 bridgehead atoms. The first kappa shape index (κ1) is 14.6. The summed E-state index contributed by atoms with van der Waals surface area (Å²) in [6, 6.07) is -0.234. The van der Waals surface area contributed by atoms with Gasteiger partial charge in [-0.05, 0) is 20.4 Å². The predicted octanol–water partition coefficient (Wildman–Crippen LogP) is 0.455. The summed E-state index contributed by atoms with van der Waals surface area (Å²) in [5.74, 6) is -0.333. The van der Waals surface area contributed by atoms with E-state index >= 15 is 0 Å². The normalized spacial score (nSPS) is 11.1. The fourth-order valence-electron chi connectivity index (χ4n) is 0.837. The van der Waals surface area contributed by atoms with Gasteiger partial charge in [0.05, 0.1) is 6.04 Å². The SMILES string of the molecule is CC.CNC(CCC(N)=O)C(C)=O. The van der Waals surface area contributed by atoms with Crippen LogP contribution in [0.2, 0.25) is 0 Å². The molecule has 0 spiro atoms. The van der Waals surface area contributed by atoms with Crippen molar-refractivity contribution in [3.63, 3.8) is 0 Å². The second kappa shape index (κ2) is 9.19. The van der Waals surface area contributed by atoms with Crippen molar-refractivity contribution in [1.29, 1.82) is 0 Å². The van der Waals surface area contributed by atoms with E-state index in [1.807, 2.05) is 13.8 Å². The lowest BCUT2D eigenvalue weighted by molar-refractivity contribution is -0.120. The summed E-state index contributed by atoms with van der Waals surface area (Å²) in [6.45, 7) is 5.49. The molecule has 0 rings (SSSR count). The van der Waals surface area contributed by atoms with Crippen LogP contribution in [0, 0.1) is 0 Å². The standard InChI is InChI=1S/C7H14N2O2.C2H6/c1-5(10)6(9-2)3-4-7(8)11;1-2/h6,9H,3-4H2,1-2H3,(H2,8,11);1-2H3. The zero-order valence-electron chi connectivity index (χ0n) is 8.89. The lowest BCUT2D eigenvalue weighted by atomic mass is 10.1.